The number of ether oxygens (including phenoxy) is 1. The lowest BCUT2D eigenvalue weighted by Crippen LogP contribution is -2.51. The van der Waals surface area contributed by atoms with Gasteiger partial charge in [0.15, 0.2) is 0 Å². The van der Waals surface area contributed by atoms with E-state index in [1.807, 2.05) is 4.90 Å². The standard InChI is InChI=1S/C20H31N5O7S2/c21-6-5-19(26)24-9-7-23(8-10-24)16-22-15-20(27)33(28,29)17-1-3-18(4-2-17)34(30,31)25-11-13-32-14-12-25/h1-4,22H,5-16,21H2. The molecule has 2 heterocycles. The second-order valence-corrected chi connectivity index (χ2v) is 11.9. The number of nitrogens with zero attached hydrogens (tertiary/aromatic N) is 3. The van der Waals surface area contributed by atoms with Gasteiger partial charge in [0, 0.05) is 58.9 Å². The summed E-state index contributed by atoms with van der Waals surface area (Å²) in [5.74, 6) is 0.0140. The summed E-state index contributed by atoms with van der Waals surface area (Å²) in [5.41, 5.74) is 5.41. The van der Waals surface area contributed by atoms with Crippen molar-refractivity contribution >= 4 is 30.9 Å². The maximum absolute atomic E-state index is 12.7. The highest BCUT2D eigenvalue weighted by atomic mass is 32.2. The molecule has 34 heavy (non-hydrogen) atoms. The van der Waals surface area contributed by atoms with Gasteiger partial charge >= 0.3 is 0 Å². The van der Waals surface area contributed by atoms with Crippen LogP contribution >= 0.6 is 0 Å². The largest absolute Gasteiger partial charge is 0.379 e. The Morgan fingerprint density at radius 1 is 0.912 bits per heavy atom. The maximum Gasteiger partial charge on any atom is 0.264 e. The fourth-order valence-corrected chi connectivity index (χ4v) is 6.16. The lowest BCUT2D eigenvalue weighted by molar-refractivity contribution is -0.132. The number of sulfone groups is 1. The minimum Gasteiger partial charge on any atom is -0.379 e. The number of hydrogen-bond donors (Lipinski definition) is 2. The number of rotatable bonds is 9. The van der Waals surface area contributed by atoms with Crippen LogP contribution in [0, 0.1) is 0 Å². The van der Waals surface area contributed by atoms with Crippen LogP contribution in [-0.2, 0) is 34.2 Å². The summed E-state index contributed by atoms with van der Waals surface area (Å²) < 4.78 is 57.0. The van der Waals surface area contributed by atoms with Gasteiger partial charge in [-0.3, -0.25) is 19.8 Å². The first kappa shape index (κ1) is 26.7. The second kappa shape index (κ2) is 11.7. The molecule has 0 spiro atoms. The molecule has 3 rings (SSSR count). The van der Waals surface area contributed by atoms with E-state index >= 15 is 0 Å². The number of sulfonamides is 1. The molecular formula is C20H31N5O7S2. The van der Waals surface area contributed by atoms with Crippen molar-refractivity contribution in [2.75, 3.05) is 72.2 Å². The van der Waals surface area contributed by atoms with Crippen molar-refractivity contribution in [3.05, 3.63) is 24.3 Å². The summed E-state index contributed by atoms with van der Waals surface area (Å²) >= 11 is 0. The van der Waals surface area contributed by atoms with Crippen LogP contribution in [0.25, 0.3) is 0 Å². The molecule has 0 bridgehead atoms. The van der Waals surface area contributed by atoms with E-state index in [2.05, 4.69) is 5.32 Å². The molecule has 2 fully saturated rings. The van der Waals surface area contributed by atoms with Crippen LogP contribution in [0.4, 0.5) is 0 Å². The first-order valence-electron chi connectivity index (χ1n) is 11.0. The Bertz CT molecular complexity index is 1060. The van der Waals surface area contributed by atoms with Crippen LogP contribution in [0.5, 0.6) is 0 Å². The van der Waals surface area contributed by atoms with Gasteiger partial charge in [-0.1, -0.05) is 0 Å². The highest BCUT2D eigenvalue weighted by Crippen LogP contribution is 2.20. The Balaban J connectivity index is 1.51. The molecule has 1 amide bonds. The van der Waals surface area contributed by atoms with Crippen LogP contribution < -0.4 is 11.1 Å². The molecule has 0 atom stereocenters. The van der Waals surface area contributed by atoms with Gasteiger partial charge in [0.05, 0.1) is 29.5 Å². The minimum atomic E-state index is -4.27. The Morgan fingerprint density at radius 3 is 2.09 bits per heavy atom. The first-order chi connectivity index (χ1) is 16.2. The van der Waals surface area contributed by atoms with E-state index in [4.69, 9.17) is 10.5 Å². The van der Waals surface area contributed by atoms with E-state index in [0.717, 1.165) is 12.1 Å². The van der Waals surface area contributed by atoms with Crippen LogP contribution in [0.1, 0.15) is 6.42 Å². The molecule has 190 valence electrons. The summed E-state index contributed by atoms with van der Waals surface area (Å²) in [7, 11) is -8.03. The molecular weight excluding hydrogens is 486 g/mol. The number of amides is 1. The Labute approximate surface area is 200 Å². The monoisotopic (exact) mass is 517 g/mol. The predicted octanol–water partition coefficient (Wildman–Crippen LogP) is -1.95. The first-order valence-corrected chi connectivity index (χ1v) is 14.0. The highest BCUT2D eigenvalue weighted by molar-refractivity contribution is 8.06. The van der Waals surface area contributed by atoms with Crippen molar-refractivity contribution < 1.29 is 31.2 Å². The van der Waals surface area contributed by atoms with Gasteiger partial charge in [-0.25, -0.2) is 16.8 Å². The third-order valence-electron chi connectivity index (χ3n) is 5.73. The molecule has 1 aromatic carbocycles. The molecule has 0 aromatic heterocycles. The molecule has 0 radical (unpaired) electrons. The van der Waals surface area contributed by atoms with Gasteiger partial charge in [-0.15, -0.1) is 0 Å². The minimum absolute atomic E-state index is 0.0140. The summed E-state index contributed by atoms with van der Waals surface area (Å²) in [4.78, 5) is 27.7. The zero-order valence-corrected chi connectivity index (χ0v) is 20.5. The Morgan fingerprint density at radius 2 is 1.50 bits per heavy atom. The summed E-state index contributed by atoms with van der Waals surface area (Å²) in [6.07, 6.45) is 0.310. The third kappa shape index (κ3) is 6.38. The average molecular weight is 518 g/mol. The number of hydrogen-bond acceptors (Lipinski definition) is 10. The molecule has 2 saturated heterocycles. The highest BCUT2D eigenvalue weighted by Gasteiger charge is 2.29. The molecule has 0 saturated carbocycles. The van der Waals surface area contributed by atoms with Crippen molar-refractivity contribution in [2.45, 2.75) is 16.2 Å². The predicted molar refractivity (Wildman–Crippen MR) is 123 cm³/mol. The van der Waals surface area contributed by atoms with Crippen molar-refractivity contribution in [3.63, 3.8) is 0 Å². The number of carbonyl (C=O) groups excluding carboxylic acids is 2. The fraction of sp³-hybridized carbons (Fsp3) is 0.600. The van der Waals surface area contributed by atoms with Crippen molar-refractivity contribution in [2.24, 2.45) is 5.73 Å². The van der Waals surface area contributed by atoms with Gasteiger partial charge in [0.2, 0.25) is 25.8 Å². The lowest BCUT2D eigenvalue weighted by Gasteiger charge is -2.34. The number of nitrogens with one attached hydrogen (secondary N) is 1. The van der Waals surface area contributed by atoms with Gasteiger partial charge < -0.3 is 15.4 Å². The smallest absolute Gasteiger partial charge is 0.264 e. The van der Waals surface area contributed by atoms with Gasteiger partial charge in [0.1, 0.15) is 0 Å². The average Bonchev–Trinajstić information content (AvgIpc) is 2.85. The SMILES string of the molecule is NCCC(=O)N1CCN(CNCC(=O)S(=O)(=O)c2ccc(S(=O)(=O)N3CCOCC3)cc2)CC1. The summed E-state index contributed by atoms with van der Waals surface area (Å²) in [5, 5.41) is 1.83. The quantitative estimate of drug-likeness (QED) is 0.377. The summed E-state index contributed by atoms with van der Waals surface area (Å²) in [6, 6.07) is 4.67. The molecule has 2 aliphatic rings. The Kier molecular flexibility index (Phi) is 9.14. The zero-order valence-electron chi connectivity index (χ0n) is 18.9. The number of piperazine rings is 1. The van der Waals surface area contributed by atoms with Gasteiger partial charge in [0.25, 0.3) is 5.12 Å². The van der Waals surface area contributed by atoms with E-state index in [1.165, 1.54) is 16.4 Å². The number of morpholine rings is 1. The molecule has 0 aliphatic carbocycles. The topological polar surface area (TPSA) is 159 Å². The molecule has 3 N–H and O–H groups in total. The maximum atomic E-state index is 12.7. The van der Waals surface area contributed by atoms with E-state index in [0.29, 0.717) is 59.0 Å². The molecule has 12 nitrogen and oxygen atoms in total. The molecule has 2 aliphatic heterocycles. The van der Waals surface area contributed by atoms with E-state index in [1.54, 1.807) is 4.90 Å². The zero-order chi connectivity index (χ0) is 24.8. The van der Waals surface area contributed by atoms with Gasteiger partial charge in [-0.05, 0) is 24.3 Å². The van der Waals surface area contributed by atoms with E-state index < -0.39 is 25.0 Å². The Hall–Kier alpha value is -1.94. The van der Waals surface area contributed by atoms with Crippen molar-refractivity contribution in [1.29, 1.82) is 0 Å². The number of carbonyl (C=O) groups is 2. The van der Waals surface area contributed by atoms with Crippen LogP contribution in [0.3, 0.4) is 0 Å². The number of benzene rings is 1. The van der Waals surface area contributed by atoms with E-state index in [9.17, 15) is 26.4 Å². The van der Waals surface area contributed by atoms with Gasteiger partial charge in [-0.2, -0.15) is 4.31 Å². The fourth-order valence-electron chi connectivity index (χ4n) is 3.71. The molecule has 0 unspecified atom stereocenters. The van der Waals surface area contributed by atoms with E-state index in [-0.39, 0.29) is 35.3 Å². The lowest BCUT2D eigenvalue weighted by atomic mass is 10.3. The van der Waals surface area contributed by atoms with Crippen molar-refractivity contribution in [1.82, 2.24) is 19.4 Å². The summed E-state index contributed by atoms with van der Waals surface area (Å²) in [6.45, 7) is 3.58. The van der Waals surface area contributed by atoms with Crippen LogP contribution in [0.15, 0.2) is 34.1 Å². The molecule has 14 heteroatoms. The second-order valence-electron chi connectivity index (χ2n) is 7.99. The van der Waals surface area contributed by atoms with Crippen LogP contribution in [-0.4, -0.2) is 114 Å². The van der Waals surface area contributed by atoms with Crippen molar-refractivity contribution in [3.8, 4) is 0 Å². The normalized spacial score (nSPS) is 18.7. The molecule has 1 aromatic rings. The van der Waals surface area contributed by atoms with Crippen LogP contribution in [0.2, 0.25) is 0 Å². The third-order valence-corrected chi connectivity index (χ3v) is 9.28. The number of nitrogens with two attached hydrogens (primary N) is 1.